The van der Waals surface area contributed by atoms with Crippen LogP contribution < -0.4 is 5.32 Å². The van der Waals surface area contributed by atoms with Crippen LogP contribution in [0.5, 0.6) is 0 Å². The summed E-state index contributed by atoms with van der Waals surface area (Å²) in [5.74, 6) is 2.84. The Morgan fingerprint density at radius 1 is 1.10 bits per heavy atom. The van der Waals surface area contributed by atoms with Gasteiger partial charge in [-0.05, 0) is 61.8 Å². The molecule has 21 heavy (non-hydrogen) atoms. The maximum Gasteiger partial charge on any atom is 0.307 e. The molecule has 1 spiro atoms. The highest BCUT2D eigenvalue weighted by molar-refractivity contribution is 5.72. The predicted octanol–water partition coefficient (Wildman–Crippen LogP) is 3.29. The van der Waals surface area contributed by atoms with Gasteiger partial charge in [-0.15, -0.1) is 0 Å². The number of rotatable bonds is 1. The first-order valence-electron chi connectivity index (χ1n) is 9.11. The SMILES string of the molecule is CC1CC1.O=C(O)C1C2C3CCCC2C2(C3)NCCCC12. The Morgan fingerprint density at radius 2 is 1.81 bits per heavy atom. The van der Waals surface area contributed by atoms with E-state index in [1.807, 2.05) is 0 Å². The van der Waals surface area contributed by atoms with Crippen LogP contribution in [0.4, 0.5) is 0 Å². The van der Waals surface area contributed by atoms with Crippen molar-refractivity contribution in [2.24, 2.45) is 35.5 Å². The molecule has 3 nitrogen and oxygen atoms in total. The van der Waals surface area contributed by atoms with Crippen molar-refractivity contribution in [3.05, 3.63) is 0 Å². The van der Waals surface area contributed by atoms with Gasteiger partial charge in [0.15, 0.2) is 0 Å². The molecule has 5 aliphatic rings. The van der Waals surface area contributed by atoms with Crippen molar-refractivity contribution in [1.29, 1.82) is 0 Å². The largest absolute Gasteiger partial charge is 0.481 e. The lowest BCUT2D eigenvalue weighted by Crippen LogP contribution is -2.56. The number of carbonyl (C=O) groups is 1. The zero-order valence-corrected chi connectivity index (χ0v) is 13.2. The third kappa shape index (κ3) is 2.07. The van der Waals surface area contributed by atoms with Crippen molar-refractivity contribution in [2.75, 3.05) is 6.54 Å². The fourth-order valence-electron chi connectivity index (χ4n) is 6.21. The minimum absolute atomic E-state index is 0.0353. The van der Waals surface area contributed by atoms with Crippen LogP contribution in [-0.4, -0.2) is 23.2 Å². The fourth-order valence-corrected chi connectivity index (χ4v) is 6.21. The molecule has 0 aromatic rings. The Hall–Kier alpha value is -0.570. The lowest BCUT2D eigenvalue weighted by atomic mass is 9.67. The third-order valence-electron chi connectivity index (χ3n) is 7.17. The average molecular weight is 291 g/mol. The molecule has 1 aliphatic heterocycles. The van der Waals surface area contributed by atoms with Gasteiger partial charge in [0.25, 0.3) is 0 Å². The normalized spacial score (nSPS) is 50.0. The summed E-state index contributed by atoms with van der Waals surface area (Å²) in [6, 6.07) is 0. The smallest absolute Gasteiger partial charge is 0.307 e. The molecule has 6 atom stereocenters. The molecule has 1 heterocycles. The number of piperidine rings is 1. The van der Waals surface area contributed by atoms with E-state index in [-0.39, 0.29) is 11.5 Å². The predicted molar refractivity (Wildman–Crippen MR) is 81.9 cm³/mol. The first-order chi connectivity index (χ1) is 10.1. The van der Waals surface area contributed by atoms with Gasteiger partial charge >= 0.3 is 5.97 Å². The second-order valence-corrected chi connectivity index (χ2v) is 8.34. The van der Waals surface area contributed by atoms with Crippen LogP contribution in [0.1, 0.15) is 58.3 Å². The summed E-state index contributed by atoms with van der Waals surface area (Å²) in [4.78, 5) is 11.6. The van der Waals surface area contributed by atoms with E-state index < -0.39 is 5.97 Å². The van der Waals surface area contributed by atoms with Crippen LogP contribution in [0.3, 0.4) is 0 Å². The Bertz CT molecular complexity index is 431. The van der Waals surface area contributed by atoms with E-state index in [2.05, 4.69) is 12.2 Å². The summed E-state index contributed by atoms with van der Waals surface area (Å²) < 4.78 is 0. The van der Waals surface area contributed by atoms with Crippen molar-refractivity contribution < 1.29 is 9.90 Å². The lowest BCUT2D eigenvalue weighted by molar-refractivity contribution is -0.147. The lowest BCUT2D eigenvalue weighted by Gasteiger charge is -2.45. The number of carboxylic acid groups (broad SMARTS) is 1. The summed E-state index contributed by atoms with van der Waals surface area (Å²) in [7, 11) is 0. The second-order valence-electron chi connectivity index (χ2n) is 8.34. The van der Waals surface area contributed by atoms with E-state index >= 15 is 0 Å². The molecule has 0 amide bonds. The van der Waals surface area contributed by atoms with E-state index in [1.165, 1.54) is 44.9 Å². The zero-order valence-electron chi connectivity index (χ0n) is 13.2. The molecule has 4 saturated carbocycles. The molecule has 0 radical (unpaired) electrons. The summed E-state index contributed by atoms with van der Waals surface area (Å²) in [5, 5.41) is 13.4. The first-order valence-corrected chi connectivity index (χ1v) is 9.11. The number of hydrogen-bond donors (Lipinski definition) is 2. The summed E-state index contributed by atoms with van der Waals surface area (Å²) >= 11 is 0. The van der Waals surface area contributed by atoms with Crippen LogP contribution in [0.15, 0.2) is 0 Å². The van der Waals surface area contributed by atoms with Crippen LogP contribution in [0.25, 0.3) is 0 Å². The fraction of sp³-hybridized carbons (Fsp3) is 0.944. The van der Waals surface area contributed by atoms with Gasteiger partial charge in [0, 0.05) is 5.54 Å². The van der Waals surface area contributed by atoms with Gasteiger partial charge in [-0.25, -0.2) is 0 Å². The van der Waals surface area contributed by atoms with Gasteiger partial charge in [0.1, 0.15) is 0 Å². The second kappa shape index (κ2) is 4.97. The van der Waals surface area contributed by atoms with Gasteiger partial charge in [-0.2, -0.15) is 0 Å². The summed E-state index contributed by atoms with van der Waals surface area (Å²) in [6.07, 6.45) is 10.4. The molecule has 2 N–H and O–H groups in total. The number of aliphatic carboxylic acids is 1. The maximum atomic E-state index is 11.6. The van der Waals surface area contributed by atoms with Crippen LogP contribution in [0.2, 0.25) is 0 Å². The molecule has 3 heteroatoms. The molecule has 4 bridgehead atoms. The number of carboxylic acids is 1. The molecule has 0 aromatic carbocycles. The van der Waals surface area contributed by atoms with Crippen molar-refractivity contribution in [2.45, 2.75) is 63.8 Å². The van der Waals surface area contributed by atoms with Crippen molar-refractivity contribution >= 4 is 5.97 Å². The number of hydrogen-bond acceptors (Lipinski definition) is 2. The summed E-state index contributed by atoms with van der Waals surface area (Å²) in [6.45, 7) is 3.39. The van der Waals surface area contributed by atoms with Crippen LogP contribution >= 0.6 is 0 Å². The molecular weight excluding hydrogens is 262 g/mol. The van der Waals surface area contributed by atoms with Gasteiger partial charge in [0.05, 0.1) is 5.92 Å². The van der Waals surface area contributed by atoms with Gasteiger partial charge < -0.3 is 10.4 Å². The standard InChI is InChI=1S/C14H21NO2.C4H8/c16-13(17)12-10-5-2-6-15-14(10)7-8-3-1-4-9(14)11(8)12;1-4-2-3-4/h8-12,15H,1-7H2,(H,16,17);4H,2-3H2,1H3. The summed E-state index contributed by atoms with van der Waals surface area (Å²) in [5.41, 5.74) is 0.229. The third-order valence-corrected chi connectivity index (χ3v) is 7.17. The molecule has 0 aromatic heterocycles. The van der Waals surface area contributed by atoms with Crippen LogP contribution in [-0.2, 0) is 4.79 Å². The Morgan fingerprint density at radius 3 is 2.48 bits per heavy atom. The molecule has 5 fully saturated rings. The molecule has 118 valence electrons. The van der Waals surface area contributed by atoms with E-state index in [9.17, 15) is 9.90 Å². The van der Waals surface area contributed by atoms with Gasteiger partial charge in [-0.1, -0.05) is 32.6 Å². The highest BCUT2D eigenvalue weighted by atomic mass is 16.4. The Kier molecular flexibility index (Phi) is 3.33. The molecular formula is C18H29NO2. The van der Waals surface area contributed by atoms with E-state index in [0.29, 0.717) is 23.7 Å². The topological polar surface area (TPSA) is 49.3 Å². The van der Waals surface area contributed by atoms with Crippen molar-refractivity contribution in [3.8, 4) is 0 Å². The number of nitrogens with one attached hydrogen (secondary N) is 1. The Labute approximate surface area is 127 Å². The molecule has 5 rings (SSSR count). The quantitative estimate of drug-likeness (QED) is 0.779. The average Bonchev–Trinajstić information content (AvgIpc) is 3.17. The van der Waals surface area contributed by atoms with Crippen molar-refractivity contribution in [3.63, 3.8) is 0 Å². The maximum absolute atomic E-state index is 11.6. The highest BCUT2D eigenvalue weighted by Gasteiger charge is 2.69. The van der Waals surface area contributed by atoms with E-state index in [0.717, 1.165) is 18.9 Å². The van der Waals surface area contributed by atoms with Gasteiger partial charge in [0.2, 0.25) is 0 Å². The minimum atomic E-state index is -0.512. The van der Waals surface area contributed by atoms with Gasteiger partial charge in [-0.3, -0.25) is 4.79 Å². The van der Waals surface area contributed by atoms with E-state index in [4.69, 9.17) is 0 Å². The molecule has 6 unspecified atom stereocenters. The monoisotopic (exact) mass is 291 g/mol. The minimum Gasteiger partial charge on any atom is -0.481 e. The highest BCUT2D eigenvalue weighted by Crippen LogP contribution is 2.67. The molecule has 4 aliphatic carbocycles. The van der Waals surface area contributed by atoms with Crippen molar-refractivity contribution in [1.82, 2.24) is 5.32 Å². The first kappa shape index (κ1) is 14.0. The zero-order chi connectivity index (χ0) is 14.6. The Balaban J connectivity index is 0.000000251. The van der Waals surface area contributed by atoms with Crippen LogP contribution in [0, 0.1) is 35.5 Å². The van der Waals surface area contributed by atoms with E-state index in [1.54, 1.807) is 0 Å². The molecule has 1 saturated heterocycles.